The van der Waals surface area contributed by atoms with Crippen LogP contribution in [0.4, 0.5) is 0 Å². The van der Waals surface area contributed by atoms with Gasteiger partial charge < -0.3 is 4.74 Å². The van der Waals surface area contributed by atoms with Gasteiger partial charge in [-0.25, -0.2) is 0 Å². The van der Waals surface area contributed by atoms with E-state index in [1.54, 1.807) is 0 Å². The van der Waals surface area contributed by atoms with E-state index in [1.165, 1.54) is 11.1 Å². The molecule has 0 aliphatic heterocycles. The predicted octanol–water partition coefficient (Wildman–Crippen LogP) is 4.43. The molecule has 0 N–H and O–H groups in total. The van der Waals surface area contributed by atoms with E-state index in [-0.39, 0.29) is 11.3 Å². The topological polar surface area (TPSA) is 26.3 Å². The highest BCUT2D eigenvalue weighted by atomic mass is 16.5. The molecule has 1 saturated carbocycles. The number of ketones is 1. The van der Waals surface area contributed by atoms with Gasteiger partial charge in [-0.1, -0.05) is 38.5 Å². The molecule has 20 heavy (non-hydrogen) atoms. The van der Waals surface area contributed by atoms with Gasteiger partial charge in [-0.3, -0.25) is 4.79 Å². The van der Waals surface area contributed by atoms with Crippen LogP contribution in [0, 0.1) is 12.8 Å². The van der Waals surface area contributed by atoms with Gasteiger partial charge in [0.25, 0.3) is 0 Å². The second-order valence-corrected chi connectivity index (χ2v) is 6.94. The largest absolute Gasteiger partial charge is 0.493 e. The summed E-state index contributed by atoms with van der Waals surface area (Å²) in [5, 5.41) is 0. The van der Waals surface area contributed by atoms with E-state index >= 15 is 0 Å². The normalized spacial score (nSPS) is 19.4. The highest BCUT2D eigenvalue weighted by Crippen LogP contribution is 2.32. The average molecular weight is 274 g/mol. The number of rotatable bonds is 4. The quantitative estimate of drug-likeness (QED) is 0.812. The molecule has 0 bridgehead atoms. The van der Waals surface area contributed by atoms with Gasteiger partial charge in [-0.2, -0.15) is 0 Å². The van der Waals surface area contributed by atoms with Crippen molar-refractivity contribution in [3.8, 4) is 5.75 Å². The smallest absolute Gasteiger partial charge is 0.136 e. The van der Waals surface area contributed by atoms with Crippen LogP contribution in [0.1, 0.15) is 57.6 Å². The van der Waals surface area contributed by atoms with Gasteiger partial charge in [0, 0.05) is 12.3 Å². The monoisotopic (exact) mass is 274 g/mol. The minimum atomic E-state index is 0.0739. The van der Waals surface area contributed by atoms with E-state index in [4.69, 9.17) is 4.74 Å². The van der Waals surface area contributed by atoms with Crippen LogP contribution in [0.3, 0.4) is 0 Å². The lowest BCUT2D eigenvalue weighted by Crippen LogP contribution is -2.16. The third-order valence-electron chi connectivity index (χ3n) is 4.10. The Bertz CT molecular complexity index is 483. The lowest BCUT2D eigenvalue weighted by molar-refractivity contribution is -0.121. The van der Waals surface area contributed by atoms with E-state index in [1.807, 2.05) is 0 Å². The van der Waals surface area contributed by atoms with Gasteiger partial charge in [-0.05, 0) is 43.2 Å². The van der Waals surface area contributed by atoms with Crippen LogP contribution >= 0.6 is 0 Å². The molecule has 1 atom stereocenters. The van der Waals surface area contributed by atoms with E-state index in [9.17, 15) is 4.79 Å². The summed E-state index contributed by atoms with van der Waals surface area (Å²) in [7, 11) is 0. The molecule has 0 heterocycles. The predicted molar refractivity (Wildman–Crippen MR) is 82.3 cm³/mol. The number of benzene rings is 1. The molecule has 0 amide bonds. The molecule has 1 unspecified atom stereocenters. The number of hydrogen-bond donors (Lipinski definition) is 0. The molecule has 0 saturated heterocycles. The molecule has 1 aromatic carbocycles. The SMILES string of the molecule is Cc1ccc(OCCC2CCCC2=O)c(C(C)(C)C)c1. The molecular formula is C18H26O2. The maximum absolute atomic E-state index is 11.6. The molecule has 0 aromatic heterocycles. The Morgan fingerprint density at radius 2 is 2.05 bits per heavy atom. The summed E-state index contributed by atoms with van der Waals surface area (Å²) in [6, 6.07) is 6.35. The van der Waals surface area contributed by atoms with Crippen molar-refractivity contribution in [3.63, 3.8) is 0 Å². The van der Waals surface area contributed by atoms with Crippen LogP contribution < -0.4 is 4.74 Å². The minimum Gasteiger partial charge on any atom is -0.493 e. The molecule has 1 aliphatic rings. The molecule has 0 spiro atoms. The fourth-order valence-electron chi connectivity index (χ4n) is 2.86. The Balaban J connectivity index is 2.00. The van der Waals surface area contributed by atoms with Crippen molar-refractivity contribution in [2.75, 3.05) is 6.61 Å². The second-order valence-electron chi connectivity index (χ2n) is 6.94. The van der Waals surface area contributed by atoms with Gasteiger partial charge in [-0.15, -0.1) is 0 Å². The van der Waals surface area contributed by atoms with Crippen molar-refractivity contribution in [3.05, 3.63) is 29.3 Å². The van der Waals surface area contributed by atoms with Crippen LogP contribution in [-0.4, -0.2) is 12.4 Å². The Hall–Kier alpha value is -1.31. The fourth-order valence-corrected chi connectivity index (χ4v) is 2.86. The third kappa shape index (κ3) is 3.62. The lowest BCUT2D eigenvalue weighted by atomic mass is 9.85. The first-order valence-electron chi connectivity index (χ1n) is 7.64. The molecule has 2 nitrogen and oxygen atoms in total. The van der Waals surface area contributed by atoms with Crippen molar-refractivity contribution in [2.45, 2.75) is 58.8 Å². The van der Waals surface area contributed by atoms with Crippen LogP contribution in [-0.2, 0) is 10.2 Å². The van der Waals surface area contributed by atoms with Crippen LogP contribution in [0.5, 0.6) is 5.75 Å². The van der Waals surface area contributed by atoms with Crippen molar-refractivity contribution in [1.29, 1.82) is 0 Å². The molecule has 110 valence electrons. The third-order valence-corrected chi connectivity index (χ3v) is 4.10. The summed E-state index contributed by atoms with van der Waals surface area (Å²) in [5.74, 6) is 1.63. The fraction of sp³-hybridized carbons (Fsp3) is 0.611. The van der Waals surface area contributed by atoms with Gasteiger partial charge in [0.2, 0.25) is 0 Å². The highest BCUT2D eigenvalue weighted by Gasteiger charge is 2.24. The van der Waals surface area contributed by atoms with Crippen LogP contribution in [0.15, 0.2) is 18.2 Å². The molecular weight excluding hydrogens is 248 g/mol. The Morgan fingerprint density at radius 1 is 1.30 bits per heavy atom. The van der Waals surface area contributed by atoms with Crippen molar-refractivity contribution >= 4 is 5.78 Å². The van der Waals surface area contributed by atoms with E-state index in [0.29, 0.717) is 12.4 Å². The number of carbonyl (C=O) groups excluding carboxylic acids is 1. The number of aryl methyl sites for hydroxylation is 1. The van der Waals surface area contributed by atoms with Gasteiger partial charge >= 0.3 is 0 Å². The van der Waals surface area contributed by atoms with Crippen molar-refractivity contribution in [1.82, 2.24) is 0 Å². The minimum absolute atomic E-state index is 0.0739. The molecule has 1 aromatic rings. The van der Waals surface area contributed by atoms with E-state index < -0.39 is 0 Å². The zero-order valence-corrected chi connectivity index (χ0v) is 13.2. The zero-order chi connectivity index (χ0) is 14.8. The Labute approximate surface area is 122 Å². The summed E-state index contributed by atoms with van der Waals surface area (Å²) < 4.78 is 5.98. The lowest BCUT2D eigenvalue weighted by Gasteiger charge is -2.23. The molecule has 2 heteroatoms. The molecule has 1 fully saturated rings. The van der Waals surface area contributed by atoms with E-state index in [2.05, 4.69) is 45.9 Å². The summed E-state index contributed by atoms with van der Waals surface area (Å²) in [6.45, 7) is 9.36. The number of Topliss-reactive ketones (excluding diaryl/α,β-unsaturated/α-hetero) is 1. The highest BCUT2D eigenvalue weighted by molar-refractivity contribution is 5.82. The number of hydrogen-bond acceptors (Lipinski definition) is 2. The van der Waals surface area contributed by atoms with E-state index in [0.717, 1.165) is 31.4 Å². The number of carbonyl (C=O) groups is 1. The van der Waals surface area contributed by atoms with Crippen molar-refractivity contribution < 1.29 is 9.53 Å². The molecule has 2 rings (SSSR count). The first-order chi connectivity index (χ1) is 9.38. The maximum Gasteiger partial charge on any atom is 0.136 e. The van der Waals surface area contributed by atoms with Gasteiger partial charge in [0.05, 0.1) is 6.61 Å². The molecule has 1 aliphatic carbocycles. The first-order valence-corrected chi connectivity index (χ1v) is 7.64. The van der Waals surface area contributed by atoms with Gasteiger partial charge in [0.1, 0.15) is 11.5 Å². The summed E-state index contributed by atoms with van der Waals surface area (Å²) in [4.78, 5) is 11.6. The Morgan fingerprint density at radius 3 is 2.65 bits per heavy atom. The average Bonchev–Trinajstić information content (AvgIpc) is 2.76. The number of ether oxygens (including phenoxy) is 1. The summed E-state index contributed by atoms with van der Waals surface area (Å²) in [6.07, 6.45) is 3.72. The summed E-state index contributed by atoms with van der Waals surface area (Å²) in [5.41, 5.74) is 2.58. The van der Waals surface area contributed by atoms with Crippen LogP contribution in [0.25, 0.3) is 0 Å². The van der Waals surface area contributed by atoms with Crippen LogP contribution in [0.2, 0.25) is 0 Å². The standard InChI is InChI=1S/C18H26O2/c1-13-8-9-17(15(12-13)18(2,3)4)20-11-10-14-6-5-7-16(14)19/h8-9,12,14H,5-7,10-11H2,1-4H3. The second kappa shape index (κ2) is 5.99. The maximum atomic E-state index is 11.6. The summed E-state index contributed by atoms with van der Waals surface area (Å²) >= 11 is 0. The Kier molecular flexibility index (Phi) is 4.52. The van der Waals surface area contributed by atoms with Gasteiger partial charge in [0.15, 0.2) is 0 Å². The van der Waals surface area contributed by atoms with Crippen molar-refractivity contribution in [2.24, 2.45) is 5.92 Å². The first kappa shape index (κ1) is 15.1. The molecule has 0 radical (unpaired) electrons. The zero-order valence-electron chi connectivity index (χ0n) is 13.2.